The van der Waals surface area contributed by atoms with Crippen LogP contribution in [0, 0.1) is 23.7 Å². The van der Waals surface area contributed by atoms with E-state index in [1.807, 2.05) is 30.3 Å². The third-order valence-corrected chi connectivity index (χ3v) is 4.88. The minimum absolute atomic E-state index is 0.177. The molecule has 4 aliphatic rings. The summed E-state index contributed by atoms with van der Waals surface area (Å²) in [6.45, 7) is 0. The summed E-state index contributed by atoms with van der Waals surface area (Å²) in [5.41, 5.74) is 0.802. The van der Waals surface area contributed by atoms with E-state index in [0.717, 1.165) is 29.9 Å². The number of hydrogen-bond donors (Lipinski definition) is 1. The van der Waals surface area contributed by atoms with Crippen LogP contribution in [0.5, 0.6) is 0 Å². The van der Waals surface area contributed by atoms with Gasteiger partial charge in [-0.2, -0.15) is 0 Å². The van der Waals surface area contributed by atoms with Gasteiger partial charge in [0.05, 0.1) is 0 Å². The Morgan fingerprint density at radius 2 is 1.83 bits per heavy atom. The predicted octanol–water partition coefficient (Wildman–Crippen LogP) is 3.28. The maximum Gasteiger partial charge on any atom is 0.411 e. The fourth-order valence-electron chi connectivity index (χ4n) is 4.17. The number of nitrogens with one attached hydrogen (secondary N) is 1. The Balaban J connectivity index is 1.37. The van der Waals surface area contributed by atoms with E-state index in [1.165, 1.54) is 12.8 Å². The molecule has 1 N–H and O–H groups in total. The molecular formula is C15H17NO2. The van der Waals surface area contributed by atoms with Crippen LogP contribution < -0.4 is 5.32 Å². The number of para-hydroxylation sites is 1. The highest BCUT2D eigenvalue weighted by Crippen LogP contribution is 2.67. The standard InChI is InChI=1S/C15H17NO2/c17-15(16-10-4-2-1-3-5-10)18-13-8-9-6-11-12(7-9)14(11)13/h1-5,9,11-14H,6-8H2,(H,16,17). The average Bonchev–Trinajstić information content (AvgIpc) is 2.94. The highest BCUT2D eigenvalue weighted by atomic mass is 16.6. The molecular weight excluding hydrogens is 226 g/mol. The lowest BCUT2D eigenvalue weighted by Crippen LogP contribution is -2.32. The molecule has 0 radical (unpaired) electrons. The van der Waals surface area contributed by atoms with Crippen molar-refractivity contribution in [1.82, 2.24) is 0 Å². The molecule has 94 valence electrons. The van der Waals surface area contributed by atoms with Gasteiger partial charge >= 0.3 is 6.09 Å². The lowest BCUT2D eigenvalue weighted by Gasteiger charge is -2.30. The summed E-state index contributed by atoms with van der Waals surface area (Å²) in [5, 5.41) is 2.80. The Hall–Kier alpha value is -1.51. The van der Waals surface area contributed by atoms with Gasteiger partial charge in [0.1, 0.15) is 6.10 Å². The second kappa shape index (κ2) is 3.74. The number of hydrogen-bond acceptors (Lipinski definition) is 2. The zero-order chi connectivity index (χ0) is 12.1. The van der Waals surface area contributed by atoms with Crippen molar-refractivity contribution >= 4 is 11.8 Å². The molecule has 0 saturated heterocycles. The summed E-state index contributed by atoms with van der Waals surface area (Å²) in [6, 6.07) is 9.49. The van der Waals surface area contributed by atoms with Crippen molar-refractivity contribution < 1.29 is 9.53 Å². The van der Waals surface area contributed by atoms with E-state index in [9.17, 15) is 4.79 Å². The van der Waals surface area contributed by atoms with Crippen molar-refractivity contribution in [2.75, 3.05) is 5.32 Å². The van der Waals surface area contributed by atoms with E-state index < -0.39 is 0 Å². The van der Waals surface area contributed by atoms with Gasteiger partial charge in [-0.1, -0.05) is 18.2 Å². The van der Waals surface area contributed by atoms with E-state index in [-0.39, 0.29) is 12.2 Å². The van der Waals surface area contributed by atoms with Crippen LogP contribution in [0.15, 0.2) is 30.3 Å². The molecule has 1 amide bonds. The Morgan fingerprint density at radius 1 is 1.11 bits per heavy atom. The summed E-state index contributed by atoms with van der Waals surface area (Å²) in [6.07, 6.45) is 3.74. The molecule has 0 aromatic heterocycles. The van der Waals surface area contributed by atoms with E-state index >= 15 is 0 Å². The average molecular weight is 243 g/mol. The van der Waals surface area contributed by atoms with Crippen LogP contribution in [0.3, 0.4) is 0 Å². The van der Waals surface area contributed by atoms with Gasteiger partial charge in [-0.05, 0) is 49.1 Å². The Kier molecular flexibility index (Phi) is 2.16. The van der Waals surface area contributed by atoms with Gasteiger partial charge in [0.25, 0.3) is 0 Å². The van der Waals surface area contributed by atoms with Crippen molar-refractivity contribution in [3.05, 3.63) is 30.3 Å². The SMILES string of the molecule is O=C(Nc1ccccc1)OC1CC2CC3C(C2)C13. The maximum atomic E-state index is 11.8. The molecule has 4 aliphatic carbocycles. The first-order valence-electron chi connectivity index (χ1n) is 6.84. The molecule has 1 aromatic rings. The second-order valence-corrected chi connectivity index (χ2v) is 5.91. The number of benzene rings is 1. The first kappa shape index (κ1) is 10.4. The zero-order valence-corrected chi connectivity index (χ0v) is 10.2. The van der Waals surface area contributed by atoms with Gasteiger partial charge in [0.15, 0.2) is 0 Å². The number of ether oxygens (including phenoxy) is 1. The van der Waals surface area contributed by atoms with E-state index in [4.69, 9.17) is 4.74 Å². The molecule has 4 fully saturated rings. The first-order valence-corrected chi connectivity index (χ1v) is 6.84. The molecule has 3 nitrogen and oxygen atoms in total. The monoisotopic (exact) mass is 243 g/mol. The van der Waals surface area contributed by atoms with Gasteiger partial charge in [0.2, 0.25) is 0 Å². The number of carbonyl (C=O) groups is 1. The normalized spacial score (nSPS) is 39.2. The van der Waals surface area contributed by atoms with Crippen molar-refractivity contribution in [2.45, 2.75) is 25.4 Å². The van der Waals surface area contributed by atoms with Crippen LogP contribution in [-0.2, 0) is 4.74 Å². The number of fused-ring (bicyclic) bond motifs is 1. The molecule has 0 aliphatic heterocycles. The van der Waals surface area contributed by atoms with Crippen LogP contribution in [-0.4, -0.2) is 12.2 Å². The molecule has 3 unspecified atom stereocenters. The van der Waals surface area contributed by atoms with Crippen LogP contribution in [0.2, 0.25) is 0 Å². The molecule has 4 saturated carbocycles. The number of carbonyl (C=O) groups excluding carboxylic acids is 1. The Bertz CT molecular complexity index is 461. The van der Waals surface area contributed by atoms with Gasteiger partial charge < -0.3 is 4.74 Å². The highest BCUT2D eigenvalue weighted by Gasteiger charge is 2.64. The van der Waals surface area contributed by atoms with Gasteiger partial charge in [0, 0.05) is 11.6 Å². The molecule has 5 rings (SSSR count). The smallest absolute Gasteiger partial charge is 0.411 e. The minimum Gasteiger partial charge on any atom is -0.446 e. The zero-order valence-electron chi connectivity index (χ0n) is 10.2. The fourth-order valence-corrected chi connectivity index (χ4v) is 4.17. The van der Waals surface area contributed by atoms with Crippen molar-refractivity contribution in [3.63, 3.8) is 0 Å². The quantitative estimate of drug-likeness (QED) is 0.865. The van der Waals surface area contributed by atoms with Gasteiger partial charge in [-0.3, -0.25) is 5.32 Å². The van der Waals surface area contributed by atoms with Crippen LogP contribution >= 0.6 is 0 Å². The lowest BCUT2D eigenvalue weighted by atomic mass is 9.83. The van der Waals surface area contributed by atoms with E-state index in [2.05, 4.69) is 5.32 Å². The Morgan fingerprint density at radius 3 is 2.50 bits per heavy atom. The largest absolute Gasteiger partial charge is 0.446 e. The number of anilines is 1. The molecule has 4 bridgehead atoms. The molecule has 3 atom stereocenters. The molecule has 18 heavy (non-hydrogen) atoms. The third-order valence-electron chi connectivity index (χ3n) is 4.88. The lowest BCUT2D eigenvalue weighted by molar-refractivity contribution is 0.0453. The van der Waals surface area contributed by atoms with Crippen LogP contribution in [0.1, 0.15) is 19.3 Å². The van der Waals surface area contributed by atoms with Crippen molar-refractivity contribution in [2.24, 2.45) is 23.7 Å². The number of amides is 1. The van der Waals surface area contributed by atoms with E-state index in [1.54, 1.807) is 0 Å². The van der Waals surface area contributed by atoms with Crippen molar-refractivity contribution in [1.29, 1.82) is 0 Å². The minimum atomic E-state index is -0.293. The third kappa shape index (κ3) is 1.61. The predicted molar refractivity (Wildman–Crippen MR) is 68.1 cm³/mol. The molecule has 3 heteroatoms. The molecule has 0 spiro atoms. The van der Waals surface area contributed by atoms with Gasteiger partial charge in [-0.25, -0.2) is 4.79 Å². The Labute approximate surface area is 107 Å². The van der Waals surface area contributed by atoms with E-state index in [0.29, 0.717) is 5.92 Å². The highest BCUT2D eigenvalue weighted by molar-refractivity contribution is 5.84. The topological polar surface area (TPSA) is 38.3 Å². The maximum absolute atomic E-state index is 11.8. The summed E-state index contributed by atoms with van der Waals surface area (Å²) in [7, 11) is 0. The fraction of sp³-hybridized carbons (Fsp3) is 0.533. The summed E-state index contributed by atoms with van der Waals surface area (Å²) in [5.74, 6) is 3.24. The second-order valence-electron chi connectivity index (χ2n) is 5.91. The summed E-state index contributed by atoms with van der Waals surface area (Å²) < 4.78 is 5.60. The van der Waals surface area contributed by atoms with Crippen LogP contribution in [0.4, 0.5) is 10.5 Å². The van der Waals surface area contributed by atoms with Crippen molar-refractivity contribution in [3.8, 4) is 0 Å². The molecule has 0 heterocycles. The molecule has 1 aromatic carbocycles. The van der Waals surface area contributed by atoms with Gasteiger partial charge in [-0.15, -0.1) is 0 Å². The number of rotatable bonds is 2. The summed E-state index contributed by atoms with van der Waals surface area (Å²) >= 11 is 0. The first-order chi connectivity index (χ1) is 8.81. The van der Waals surface area contributed by atoms with Crippen LogP contribution in [0.25, 0.3) is 0 Å². The summed E-state index contributed by atoms with van der Waals surface area (Å²) in [4.78, 5) is 11.8.